The molecular formula is C45H55N9O7. The lowest BCUT2D eigenvalue weighted by Crippen LogP contribution is -2.51. The molecule has 5 aromatic rings. The fourth-order valence-electron chi connectivity index (χ4n) is 9.18. The SMILES string of the molecule is COC(=O)NC(C(=O)N1CCCC1c1ncc(-c2ccc3c(c2)OC(C)(C)c2c-3[nH]c3ccc(-c4cnc(C5CCCN5C(=O)C(NC(=O)OC)C(C)C)[nH]4)cc23)[nH]1)C(C)C. The summed E-state index contributed by atoms with van der Waals surface area (Å²) in [6.07, 6.45) is 5.52. The molecule has 61 heavy (non-hydrogen) atoms. The van der Waals surface area contributed by atoms with Gasteiger partial charge in [0, 0.05) is 46.2 Å². The van der Waals surface area contributed by atoms with E-state index in [0.29, 0.717) is 24.7 Å². The number of amides is 4. The first-order valence-corrected chi connectivity index (χ1v) is 21.1. The van der Waals surface area contributed by atoms with Crippen molar-refractivity contribution < 1.29 is 33.4 Å². The molecule has 16 nitrogen and oxygen atoms in total. The van der Waals surface area contributed by atoms with Gasteiger partial charge in [0.15, 0.2) is 0 Å². The van der Waals surface area contributed by atoms with Crippen molar-refractivity contribution in [3.05, 3.63) is 66.0 Å². The average Bonchev–Trinajstić information content (AvgIpc) is 4.09. The van der Waals surface area contributed by atoms with E-state index < -0.39 is 29.9 Å². The number of H-pyrrole nitrogens is 3. The third-order valence-electron chi connectivity index (χ3n) is 12.3. The lowest BCUT2D eigenvalue weighted by Gasteiger charge is -2.33. The van der Waals surface area contributed by atoms with Gasteiger partial charge in [0.2, 0.25) is 11.8 Å². The van der Waals surface area contributed by atoms with Crippen molar-refractivity contribution in [2.75, 3.05) is 27.3 Å². The van der Waals surface area contributed by atoms with Gasteiger partial charge in [0.05, 0.1) is 55.8 Å². The van der Waals surface area contributed by atoms with Gasteiger partial charge in [-0.05, 0) is 75.6 Å². The van der Waals surface area contributed by atoms with Gasteiger partial charge in [0.1, 0.15) is 35.1 Å². The number of nitrogens with zero attached hydrogens (tertiary/aromatic N) is 4. The van der Waals surface area contributed by atoms with E-state index in [1.54, 1.807) is 11.1 Å². The van der Waals surface area contributed by atoms with E-state index in [1.807, 2.05) is 50.9 Å². The summed E-state index contributed by atoms with van der Waals surface area (Å²) >= 11 is 0. The molecule has 2 fully saturated rings. The number of aromatic amines is 3. The Labute approximate surface area is 354 Å². The topological polar surface area (TPSA) is 200 Å². The second-order valence-electron chi connectivity index (χ2n) is 17.4. The number of alkyl carbamates (subject to hydrolysis) is 2. The van der Waals surface area contributed by atoms with Crippen LogP contribution in [0.25, 0.3) is 44.7 Å². The van der Waals surface area contributed by atoms with Crippen LogP contribution in [0.2, 0.25) is 0 Å². The summed E-state index contributed by atoms with van der Waals surface area (Å²) in [6.45, 7) is 12.9. The molecule has 3 aliphatic heterocycles. The van der Waals surface area contributed by atoms with E-state index in [-0.39, 0.29) is 35.7 Å². The predicted octanol–water partition coefficient (Wildman–Crippen LogP) is 7.33. The Bertz CT molecular complexity index is 2480. The van der Waals surface area contributed by atoms with Gasteiger partial charge in [0.25, 0.3) is 0 Å². The van der Waals surface area contributed by atoms with Gasteiger partial charge >= 0.3 is 12.2 Å². The van der Waals surface area contributed by atoms with Crippen LogP contribution in [-0.2, 0) is 24.7 Å². The van der Waals surface area contributed by atoms with Crippen LogP contribution in [0, 0.1) is 11.8 Å². The summed E-state index contributed by atoms with van der Waals surface area (Å²) in [5.41, 5.74) is 6.75. The highest BCUT2D eigenvalue weighted by Gasteiger charge is 2.40. The van der Waals surface area contributed by atoms with Crippen molar-refractivity contribution in [1.82, 2.24) is 45.4 Å². The molecule has 5 N–H and O–H groups in total. The molecule has 2 saturated heterocycles. The van der Waals surface area contributed by atoms with E-state index in [9.17, 15) is 19.2 Å². The molecule has 6 heterocycles. The quantitative estimate of drug-likeness (QED) is 0.0956. The van der Waals surface area contributed by atoms with Crippen molar-refractivity contribution in [3.63, 3.8) is 0 Å². The fraction of sp³-hybridized carbons (Fsp3) is 0.467. The number of nitrogens with one attached hydrogen (secondary N) is 5. The molecule has 0 spiro atoms. The van der Waals surface area contributed by atoms with Crippen molar-refractivity contribution in [1.29, 1.82) is 0 Å². The number of rotatable bonds is 10. The largest absolute Gasteiger partial charge is 0.482 e. The number of methoxy groups -OCH3 is 2. The number of aromatic nitrogens is 5. The van der Waals surface area contributed by atoms with E-state index in [2.05, 4.69) is 63.7 Å². The first-order valence-electron chi connectivity index (χ1n) is 21.1. The monoisotopic (exact) mass is 833 g/mol. The lowest BCUT2D eigenvalue weighted by atomic mass is 9.88. The average molecular weight is 834 g/mol. The summed E-state index contributed by atoms with van der Waals surface area (Å²) in [4.78, 5) is 75.3. The summed E-state index contributed by atoms with van der Waals surface area (Å²) in [5.74, 6) is 1.58. The van der Waals surface area contributed by atoms with Gasteiger partial charge < -0.3 is 49.6 Å². The van der Waals surface area contributed by atoms with Crippen LogP contribution in [0.4, 0.5) is 9.59 Å². The van der Waals surface area contributed by atoms with Crippen molar-refractivity contribution in [2.24, 2.45) is 11.8 Å². The Morgan fingerprint density at radius 1 is 0.754 bits per heavy atom. The minimum atomic E-state index is -0.711. The van der Waals surface area contributed by atoms with Crippen LogP contribution in [0.3, 0.4) is 0 Å². The first-order chi connectivity index (χ1) is 29.2. The number of benzene rings is 2. The minimum Gasteiger partial charge on any atom is -0.482 e. The number of hydrogen-bond acceptors (Lipinski definition) is 9. The zero-order chi connectivity index (χ0) is 43.3. The fourth-order valence-corrected chi connectivity index (χ4v) is 9.18. The first kappa shape index (κ1) is 41.4. The number of carbonyl (C=O) groups is 4. The smallest absolute Gasteiger partial charge is 0.407 e. The van der Waals surface area contributed by atoms with Crippen LogP contribution in [0.1, 0.15) is 96.5 Å². The molecular weight excluding hydrogens is 779 g/mol. The molecule has 0 radical (unpaired) electrons. The van der Waals surface area contributed by atoms with Crippen LogP contribution in [-0.4, -0.2) is 98.1 Å². The molecule has 4 unspecified atom stereocenters. The second-order valence-corrected chi connectivity index (χ2v) is 17.4. The maximum Gasteiger partial charge on any atom is 0.407 e. The second kappa shape index (κ2) is 16.3. The number of likely N-dealkylation sites (tertiary alicyclic amines) is 2. The summed E-state index contributed by atoms with van der Waals surface area (Å²) in [6, 6.07) is 10.5. The number of fused-ring (bicyclic) bond motifs is 5. The Morgan fingerprint density at radius 3 is 1.77 bits per heavy atom. The van der Waals surface area contributed by atoms with Crippen molar-refractivity contribution in [3.8, 4) is 39.5 Å². The maximum atomic E-state index is 13.7. The summed E-state index contributed by atoms with van der Waals surface area (Å²) < 4.78 is 16.4. The Hall–Kier alpha value is -6.32. The molecule has 8 rings (SSSR count). The maximum absolute atomic E-state index is 13.7. The molecule has 0 saturated carbocycles. The van der Waals surface area contributed by atoms with E-state index in [4.69, 9.17) is 24.2 Å². The van der Waals surface area contributed by atoms with Crippen LogP contribution < -0.4 is 15.4 Å². The van der Waals surface area contributed by atoms with Gasteiger partial charge in [-0.2, -0.15) is 0 Å². The third kappa shape index (κ3) is 7.67. The Kier molecular flexibility index (Phi) is 11.0. The minimum absolute atomic E-state index is 0.123. The summed E-state index contributed by atoms with van der Waals surface area (Å²) in [5, 5.41) is 6.45. The van der Waals surface area contributed by atoms with Crippen LogP contribution in [0.15, 0.2) is 48.8 Å². The molecule has 3 aliphatic rings. The molecule has 0 bridgehead atoms. The number of hydrogen-bond donors (Lipinski definition) is 5. The number of imidazole rings is 2. The van der Waals surface area contributed by atoms with Gasteiger partial charge in [-0.1, -0.05) is 39.8 Å². The zero-order valence-corrected chi connectivity index (χ0v) is 36.0. The predicted molar refractivity (Wildman–Crippen MR) is 228 cm³/mol. The normalized spacial score (nSPS) is 19.0. The zero-order valence-electron chi connectivity index (χ0n) is 36.0. The highest BCUT2D eigenvalue weighted by molar-refractivity contribution is 5.96. The molecule has 3 aromatic heterocycles. The van der Waals surface area contributed by atoms with Gasteiger partial charge in [-0.3, -0.25) is 9.59 Å². The molecule has 0 aliphatic carbocycles. The van der Waals surface area contributed by atoms with Crippen molar-refractivity contribution >= 4 is 34.9 Å². The molecule has 2 aromatic carbocycles. The van der Waals surface area contributed by atoms with E-state index in [1.165, 1.54) is 14.2 Å². The molecule has 16 heteroatoms. The van der Waals surface area contributed by atoms with Gasteiger partial charge in [-0.15, -0.1) is 0 Å². The molecule has 4 atom stereocenters. The summed E-state index contributed by atoms with van der Waals surface area (Å²) in [7, 11) is 2.58. The van der Waals surface area contributed by atoms with E-state index >= 15 is 0 Å². The van der Waals surface area contributed by atoms with Crippen LogP contribution >= 0.6 is 0 Å². The molecule has 4 amide bonds. The standard InChI is InChI=1S/C45H55N9O7/c1-23(2)36(51-43(57)59-7)41(55)53-17-9-11-32(53)39-46-21-30(49-39)25-14-16-29-28(19-25)35-38(48-29)27-15-13-26(20-34(27)61-45(35,5)6)31-22-47-40(50-31)33-12-10-18-54(33)42(56)37(24(3)4)52-44(58)60-8/h13-16,19-24,32-33,36-37,48H,9-12,17-18H2,1-8H3,(H,46,49)(H,47,50)(H,51,57)(H,52,58). The Morgan fingerprint density at radius 2 is 1.26 bits per heavy atom. The number of carbonyl (C=O) groups excluding carboxylic acids is 4. The third-order valence-corrected chi connectivity index (χ3v) is 12.3. The van der Waals surface area contributed by atoms with Gasteiger partial charge in [-0.25, -0.2) is 19.6 Å². The van der Waals surface area contributed by atoms with Crippen LogP contribution in [0.5, 0.6) is 5.75 Å². The Balaban J connectivity index is 1.03. The number of ether oxygens (including phenoxy) is 3. The lowest BCUT2D eigenvalue weighted by molar-refractivity contribution is -0.136. The van der Waals surface area contributed by atoms with Crippen molar-refractivity contribution in [2.45, 2.75) is 97.0 Å². The van der Waals surface area contributed by atoms with E-state index in [0.717, 1.165) is 81.7 Å². The highest BCUT2D eigenvalue weighted by atomic mass is 16.5. The molecule has 322 valence electrons. The highest BCUT2D eigenvalue weighted by Crippen LogP contribution is 2.49.